The summed E-state index contributed by atoms with van der Waals surface area (Å²) in [5.74, 6) is 1.74. The van der Waals surface area contributed by atoms with Crippen molar-refractivity contribution in [2.24, 2.45) is 17.3 Å². The fourth-order valence-electron chi connectivity index (χ4n) is 4.75. The molecule has 5 unspecified atom stereocenters. The van der Waals surface area contributed by atoms with Gasteiger partial charge in [-0.2, -0.15) is 0 Å². The number of ether oxygens (including phenoxy) is 1. The Morgan fingerprint density at radius 2 is 1.95 bits per heavy atom. The molecule has 0 amide bonds. The molecule has 3 aliphatic rings. The number of hydrogen-bond acceptors (Lipinski definition) is 2. The third kappa shape index (κ3) is 2.25. The second-order valence-corrected chi connectivity index (χ2v) is 7.36. The van der Waals surface area contributed by atoms with Crippen LogP contribution in [0.1, 0.15) is 65.7 Å². The molecule has 0 bridgehead atoms. The van der Waals surface area contributed by atoms with Gasteiger partial charge >= 0.3 is 0 Å². The molecule has 0 saturated heterocycles. The summed E-state index contributed by atoms with van der Waals surface area (Å²) in [6.45, 7) is 7.91. The molecule has 0 aromatic heterocycles. The molecule has 0 aromatic rings. The molecule has 1 spiro atoms. The van der Waals surface area contributed by atoms with Gasteiger partial charge in [-0.1, -0.05) is 33.1 Å². The van der Waals surface area contributed by atoms with Gasteiger partial charge in [0.2, 0.25) is 0 Å². The first-order valence-electron chi connectivity index (χ1n) is 8.55. The van der Waals surface area contributed by atoms with Gasteiger partial charge in [-0.05, 0) is 44.4 Å². The van der Waals surface area contributed by atoms with E-state index in [9.17, 15) is 0 Å². The van der Waals surface area contributed by atoms with E-state index < -0.39 is 0 Å². The molecule has 1 N–H and O–H groups in total. The molecule has 3 aliphatic carbocycles. The summed E-state index contributed by atoms with van der Waals surface area (Å²) in [5, 5.41) is 4.04. The zero-order valence-corrected chi connectivity index (χ0v) is 13.0. The Kier molecular flexibility index (Phi) is 3.92. The average molecular weight is 265 g/mol. The second kappa shape index (κ2) is 5.37. The summed E-state index contributed by atoms with van der Waals surface area (Å²) < 4.78 is 5.96. The lowest BCUT2D eigenvalue weighted by Crippen LogP contribution is -2.69. The highest BCUT2D eigenvalue weighted by atomic mass is 16.5. The van der Waals surface area contributed by atoms with E-state index in [-0.39, 0.29) is 0 Å². The van der Waals surface area contributed by atoms with E-state index in [1.165, 1.54) is 44.9 Å². The number of rotatable bonds is 4. The molecule has 0 heterocycles. The van der Waals surface area contributed by atoms with E-state index in [1.807, 2.05) is 0 Å². The molecular weight excluding hydrogens is 234 g/mol. The first kappa shape index (κ1) is 13.9. The van der Waals surface area contributed by atoms with E-state index >= 15 is 0 Å². The lowest BCUT2D eigenvalue weighted by atomic mass is 9.50. The van der Waals surface area contributed by atoms with Crippen LogP contribution in [0.5, 0.6) is 0 Å². The van der Waals surface area contributed by atoms with Crippen molar-refractivity contribution in [1.82, 2.24) is 5.32 Å². The summed E-state index contributed by atoms with van der Waals surface area (Å²) in [4.78, 5) is 0. The molecule has 110 valence electrons. The Labute approximate surface area is 118 Å². The van der Waals surface area contributed by atoms with Crippen LogP contribution < -0.4 is 5.32 Å². The van der Waals surface area contributed by atoms with Gasteiger partial charge in [-0.3, -0.25) is 0 Å². The van der Waals surface area contributed by atoms with Crippen LogP contribution in [0, 0.1) is 17.3 Å². The SMILES string of the molecule is CCOC1CC(NC2CCCC(C)C2C)C12CCC2. The predicted octanol–water partition coefficient (Wildman–Crippen LogP) is 3.75. The maximum Gasteiger partial charge on any atom is 0.0661 e. The van der Waals surface area contributed by atoms with Crippen molar-refractivity contribution < 1.29 is 4.74 Å². The largest absolute Gasteiger partial charge is 0.378 e. The van der Waals surface area contributed by atoms with Gasteiger partial charge in [0.05, 0.1) is 6.10 Å². The Morgan fingerprint density at radius 3 is 2.58 bits per heavy atom. The zero-order valence-electron chi connectivity index (χ0n) is 13.0. The molecule has 3 fully saturated rings. The minimum absolute atomic E-state index is 0.524. The van der Waals surface area contributed by atoms with Gasteiger partial charge < -0.3 is 10.1 Å². The third-order valence-electron chi connectivity index (χ3n) is 6.56. The maximum absolute atomic E-state index is 5.96. The van der Waals surface area contributed by atoms with Crippen molar-refractivity contribution in [3.63, 3.8) is 0 Å². The van der Waals surface area contributed by atoms with Crippen molar-refractivity contribution in [1.29, 1.82) is 0 Å². The Morgan fingerprint density at radius 1 is 1.16 bits per heavy atom. The monoisotopic (exact) mass is 265 g/mol. The van der Waals surface area contributed by atoms with Gasteiger partial charge in [-0.15, -0.1) is 0 Å². The Hall–Kier alpha value is -0.0800. The fourth-order valence-corrected chi connectivity index (χ4v) is 4.75. The van der Waals surface area contributed by atoms with Crippen LogP contribution in [0.25, 0.3) is 0 Å². The van der Waals surface area contributed by atoms with Crippen LogP contribution in [-0.4, -0.2) is 24.8 Å². The molecule has 0 radical (unpaired) electrons. The normalized spacial score (nSPS) is 44.7. The van der Waals surface area contributed by atoms with Crippen molar-refractivity contribution >= 4 is 0 Å². The highest BCUT2D eigenvalue weighted by Crippen LogP contribution is 2.57. The van der Waals surface area contributed by atoms with Gasteiger partial charge in [0.25, 0.3) is 0 Å². The molecule has 19 heavy (non-hydrogen) atoms. The average Bonchev–Trinajstić information content (AvgIpc) is 2.31. The molecule has 5 atom stereocenters. The summed E-state index contributed by atoms with van der Waals surface area (Å²) in [7, 11) is 0. The van der Waals surface area contributed by atoms with E-state index in [0.29, 0.717) is 11.5 Å². The van der Waals surface area contributed by atoms with E-state index in [4.69, 9.17) is 4.74 Å². The first-order chi connectivity index (χ1) is 9.17. The van der Waals surface area contributed by atoms with Crippen LogP contribution in [0.2, 0.25) is 0 Å². The standard InChI is InChI=1S/C17H31NO/c1-4-19-16-11-15(17(16)9-6-10-17)18-14-8-5-7-12(2)13(14)3/h12-16,18H,4-11H2,1-3H3. The predicted molar refractivity (Wildman–Crippen MR) is 79.2 cm³/mol. The van der Waals surface area contributed by atoms with E-state index in [1.54, 1.807) is 0 Å². The minimum Gasteiger partial charge on any atom is -0.378 e. The lowest BCUT2D eigenvalue weighted by molar-refractivity contribution is -0.176. The smallest absolute Gasteiger partial charge is 0.0661 e. The first-order valence-corrected chi connectivity index (χ1v) is 8.55. The third-order valence-corrected chi connectivity index (χ3v) is 6.56. The highest BCUT2D eigenvalue weighted by molar-refractivity contribution is 5.13. The molecule has 0 aliphatic heterocycles. The van der Waals surface area contributed by atoms with Crippen LogP contribution in [0.3, 0.4) is 0 Å². The molecular formula is C17H31NO. The summed E-state index contributed by atoms with van der Waals surface area (Å²) in [5.41, 5.74) is 0.524. The summed E-state index contributed by atoms with van der Waals surface area (Å²) in [6, 6.07) is 1.50. The molecule has 3 saturated carbocycles. The van der Waals surface area contributed by atoms with Gasteiger partial charge in [0, 0.05) is 24.1 Å². The van der Waals surface area contributed by atoms with Crippen LogP contribution in [-0.2, 0) is 4.74 Å². The number of nitrogens with one attached hydrogen (secondary N) is 1. The van der Waals surface area contributed by atoms with Crippen LogP contribution >= 0.6 is 0 Å². The van der Waals surface area contributed by atoms with Gasteiger partial charge in [-0.25, -0.2) is 0 Å². The van der Waals surface area contributed by atoms with Gasteiger partial charge in [0.15, 0.2) is 0 Å². The number of hydrogen-bond donors (Lipinski definition) is 1. The van der Waals surface area contributed by atoms with Crippen molar-refractivity contribution in [3.8, 4) is 0 Å². The Bertz CT molecular complexity index is 312. The Balaban J connectivity index is 1.58. The van der Waals surface area contributed by atoms with Crippen molar-refractivity contribution in [3.05, 3.63) is 0 Å². The van der Waals surface area contributed by atoms with Crippen LogP contribution in [0.4, 0.5) is 0 Å². The molecule has 0 aromatic carbocycles. The summed E-state index contributed by atoms with van der Waals surface area (Å²) >= 11 is 0. The molecule has 3 rings (SSSR count). The second-order valence-electron chi connectivity index (χ2n) is 7.36. The summed E-state index contributed by atoms with van der Waals surface area (Å²) in [6.07, 6.45) is 10.2. The zero-order chi connectivity index (χ0) is 13.5. The quantitative estimate of drug-likeness (QED) is 0.836. The van der Waals surface area contributed by atoms with E-state index in [2.05, 4.69) is 26.1 Å². The highest BCUT2D eigenvalue weighted by Gasteiger charge is 2.59. The maximum atomic E-state index is 5.96. The van der Waals surface area contributed by atoms with Gasteiger partial charge in [0.1, 0.15) is 0 Å². The fraction of sp³-hybridized carbons (Fsp3) is 1.00. The van der Waals surface area contributed by atoms with Crippen LogP contribution in [0.15, 0.2) is 0 Å². The van der Waals surface area contributed by atoms with E-state index in [0.717, 1.165) is 30.5 Å². The molecule has 2 heteroatoms. The van der Waals surface area contributed by atoms with Crippen molar-refractivity contribution in [2.75, 3.05) is 6.61 Å². The topological polar surface area (TPSA) is 21.3 Å². The minimum atomic E-state index is 0.524. The molecule has 2 nitrogen and oxygen atoms in total. The lowest BCUT2D eigenvalue weighted by Gasteiger charge is -2.62. The van der Waals surface area contributed by atoms with Crippen molar-refractivity contribution in [2.45, 2.75) is 83.9 Å².